The number of rotatable bonds is 11. The van der Waals surface area contributed by atoms with Gasteiger partial charge in [-0.05, 0) is 49.6 Å². The van der Waals surface area contributed by atoms with Crippen LogP contribution in [-0.2, 0) is 17.7 Å². The summed E-state index contributed by atoms with van der Waals surface area (Å²) in [5, 5.41) is 6.78. The second-order valence-corrected chi connectivity index (χ2v) is 6.79. The van der Waals surface area contributed by atoms with Gasteiger partial charge in [-0.1, -0.05) is 28.1 Å². The highest BCUT2D eigenvalue weighted by Gasteiger charge is 2.01. The SMILES string of the molecule is CCOCCCCNC(=NCc1ccc(Br)cc1)NCCc1ccco1.I. The zero-order valence-electron chi connectivity index (χ0n) is 15.7. The molecule has 7 heteroatoms. The van der Waals surface area contributed by atoms with Crippen molar-refractivity contribution in [2.45, 2.75) is 32.7 Å². The van der Waals surface area contributed by atoms with Crippen LogP contribution in [0.4, 0.5) is 0 Å². The molecule has 0 aliphatic heterocycles. The van der Waals surface area contributed by atoms with Crippen LogP contribution in [0.3, 0.4) is 0 Å². The summed E-state index contributed by atoms with van der Waals surface area (Å²) in [6.45, 7) is 5.91. The fraction of sp³-hybridized carbons (Fsp3) is 0.450. The normalized spacial score (nSPS) is 11.1. The molecule has 1 aromatic heterocycles. The number of ether oxygens (including phenoxy) is 1. The Bertz CT molecular complexity index is 633. The Hall–Kier alpha value is -1.06. The molecule has 0 amide bonds. The predicted molar refractivity (Wildman–Crippen MR) is 125 cm³/mol. The molecule has 1 heterocycles. The van der Waals surface area contributed by atoms with E-state index in [0.717, 1.165) is 61.8 Å². The van der Waals surface area contributed by atoms with E-state index in [1.807, 2.05) is 31.2 Å². The van der Waals surface area contributed by atoms with Gasteiger partial charge in [0.05, 0.1) is 12.8 Å². The van der Waals surface area contributed by atoms with Crippen LogP contribution >= 0.6 is 39.9 Å². The molecule has 0 unspecified atom stereocenters. The van der Waals surface area contributed by atoms with E-state index in [-0.39, 0.29) is 24.0 Å². The van der Waals surface area contributed by atoms with E-state index in [1.54, 1.807) is 6.26 Å². The number of aliphatic imine (C=N–C) groups is 1. The van der Waals surface area contributed by atoms with Gasteiger partial charge in [-0.25, -0.2) is 4.99 Å². The van der Waals surface area contributed by atoms with Crippen LogP contribution in [0.15, 0.2) is 56.5 Å². The van der Waals surface area contributed by atoms with E-state index in [9.17, 15) is 0 Å². The molecule has 2 N–H and O–H groups in total. The highest BCUT2D eigenvalue weighted by Crippen LogP contribution is 2.11. The summed E-state index contributed by atoms with van der Waals surface area (Å²) < 4.78 is 11.8. The van der Waals surface area contributed by atoms with Crippen molar-refractivity contribution in [1.82, 2.24) is 10.6 Å². The third-order valence-corrected chi connectivity index (χ3v) is 4.32. The summed E-state index contributed by atoms with van der Waals surface area (Å²) in [4.78, 5) is 4.69. The van der Waals surface area contributed by atoms with Crippen molar-refractivity contribution < 1.29 is 9.15 Å². The summed E-state index contributed by atoms with van der Waals surface area (Å²) in [5.41, 5.74) is 1.18. The molecule has 0 saturated carbocycles. The smallest absolute Gasteiger partial charge is 0.191 e. The van der Waals surface area contributed by atoms with E-state index in [4.69, 9.17) is 14.1 Å². The highest BCUT2D eigenvalue weighted by atomic mass is 127. The Morgan fingerprint density at radius 2 is 1.89 bits per heavy atom. The molecule has 0 aliphatic carbocycles. The molecule has 5 nitrogen and oxygen atoms in total. The Labute approximate surface area is 187 Å². The Kier molecular flexibility index (Phi) is 13.3. The van der Waals surface area contributed by atoms with Gasteiger partial charge >= 0.3 is 0 Å². The van der Waals surface area contributed by atoms with Crippen LogP contribution < -0.4 is 10.6 Å². The molecule has 0 radical (unpaired) electrons. The lowest BCUT2D eigenvalue weighted by Gasteiger charge is -2.12. The van der Waals surface area contributed by atoms with Crippen LogP contribution in [0, 0.1) is 0 Å². The maximum Gasteiger partial charge on any atom is 0.191 e. The van der Waals surface area contributed by atoms with Gasteiger partial charge in [-0.15, -0.1) is 24.0 Å². The second-order valence-electron chi connectivity index (χ2n) is 5.88. The van der Waals surface area contributed by atoms with Gasteiger partial charge < -0.3 is 19.8 Å². The average Bonchev–Trinajstić information content (AvgIpc) is 3.16. The highest BCUT2D eigenvalue weighted by molar-refractivity contribution is 14.0. The van der Waals surface area contributed by atoms with E-state index >= 15 is 0 Å². The van der Waals surface area contributed by atoms with Gasteiger partial charge in [0.25, 0.3) is 0 Å². The molecule has 0 fully saturated rings. The van der Waals surface area contributed by atoms with Crippen molar-refractivity contribution in [3.05, 3.63) is 58.5 Å². The van der Waals surface area contributed by atoms with E-state index in [0.29, 0.717) is 6.54 Å². The number of nitrogens with one attached hydrogen (secondary N) is 2. The maximum absolute atomic E-state index is 5.37. The molecule has 1 aromatic carbocycles. The number of furan rings is 1. The second kappa shape index (κ2) is 14.9. The topological polar surface area (TPSA) is 58.8 Å². The van der Waals surface area contributed by atoms with Crippen molar-refractivity contribution in [2.75, 3.05) is 26.3 Å². The van der Waals surface area contributed by atoms with Crippen molar-refractivity contribution in [1.29, 1.82) is 0 Å². The first kappa shape index (κ1) is 24.0. The van der Waals surface area contributed by atoms with Crippen LogP contribution in [0.1, 0.15) is 31.1 Å². The Morgan fingerprint density at radius 1 is 1.11 bits per heavy atom. The van der Waals surface area contributed by atoms with Crippen LogP contribution in [-0.4, -0.2) is 32.3 Å². The van der Waals surface area contributed by atoms with Crippen molar-refractivity contribution in [3.8, 4) is 0 Å². The lowest BCUT2D eigenvalue weighted by molar-refractivity contribution is 0.143. The van der Waals surface area contributed by atoms with E-state index in [2.05, 4.69) is 38.7 Å². The van der Waals surface area contributed by atoms with Gasteiger partial charge in [-0.3, -0.25) is 0 Å². The lowest BCUT2D eigenvalue weighted by Crippen LogP contribution is -2.39. The number of hydrogen-bond donors (Lipinski definition) is 2. The standard InChI is InChI=1S/C20H28BrN3O2.HI/c1-2-25-14-4-3-12-22-20(23-13-11-19-6-5-15-26-19)24-16-17-7-9-18(21)10-8-17;/h5-10,15H,2-4,11-14,16H2,1H3,(H2,22,23,24);1H. The molecule has 27 heavy (non-hydrogen) atoms. The number of benzene rings is 1. The molecular weight excluding hydrogens is 521 g/mol. The van der Waals surface area contributed by atoms with Crippen LogP contribution in [0.5, 0.6) is 0 Å². The summed E-state index contributed by atoms with van der Waals surface area (Å²) in [7, 11) is 0. The molecule has 2 aromatic rings. The van der Waals surface area contributed by atoms with Crippen molar-refractivity contribution >= 4 is 45.9 Å². The molecule has 0 spiro atoms. The molecular formula is C20H29BrIN3O2. The number of nitrogens with zero attached hydrogens (tertiary/aromatic N) is 1. The maximum atomic E-state index is 5.37. The molecule has 0 aliphatic rings. The fourth-order valence-electron chi connectivity index (χ4n) is 2.37. The van der Waals surface area contributed by atoms with E-state index < -0.39 is 0 Å². The third-order valence-electron chi connectivity index (χ3n) is 3.79. The summed E-state index contributed by atoms with van der Waals surface area (Å²) in [6, 6.07) is 12.1. The summed E-state index contributed by atoms with van der Waals surface area (Å²) >= 11 is 3.46. The van der Waals surface area contributed by atoms with Crippen molar-refractivity contribution in [2.24, 2.45) is 4.99 Å². The number of guanidine groups is 1. The van der Waals surface area contributed by atoms with Crippen LogP contribution in [0.2, 0.25) is 0 Å². The minimum Gasteiger partial charge on any atom is -0.469 e. The van der Waals surface area contributed by atoms with Crippen LogP contribution in [0.25, 0.3) is 0 Å². The van der Waals surface area contributed by atoms with Gasteiger partial charge in [0.2, 0.25) is 0 Å². The Balaban J connectivity index is 0.00000364. The van der Waals surface area contributed by atoms with Gasteiger partial charge in [-0.2, -0.15) is 0 Å². The number of unbranched alkanes of at least 4 members (excludes halogenated alkanes) is 1. The quantitative estimate of drug-likeness (QED) is 0.184. The first-order valence-electron chi connectivity index (χ1n) is 9.14. The summed E-state index contributed by atoms with van der Waals surface area (Å²) in [5.74, 6) is 1.80. The number of halogens is 2. The predicted octanol–water partition coefficient (Wildman–Crippen LogP) is 4.75. The first-order valence-corrected chi connectivity index (χ1v) is 9.94. The number of hydrogen-bond acceptors (Lipinski definition) is 3. The molecule has 0 bridgehead atoms. The van der Waals surface area contributed by atoms with Gasteiger partial charge in [0.1, 0.15) is 5.76 Å². The fourth-order valence-corrected chi connectivity index (χ4v) is 2.64. The Morgan fingerprint density at radius 3 is 2.59 bits per heavy atom. The van der Waals surface area contributed by atoms with Crippen molar-refractivity contribution in [3.63, 3.8) is 0 Å². The van der Waals surface area contributed by atoms with Gasteiger partial charge in [0.15, 0.2) is 5.96 Å². The minimum absolute atomic E-state index is 0. The molecule has 150 valence electrons. The summed E-state index contributed by atoms with van der Waals surface area (Å²) in [6.07, 6.45) is 4.63. The molecule has 0 atom stereocenters. The molecule has 0 saturated heterocycles. The zero-order chi connectivity index (χ0) is 18.5. The average molecular weight is 550 g/mol. The zero-order valence-corrected chi connectivity index (χ0v) is 19.7. The third kappa shape index (κ3) is 10.8. The largest absolute Gasteiger partial charge is 0.469 e. The monoisotopic (exact) mass is 549 g/mol. The lowest BCUT2D eigenvalue weighted by atomic mass is 10.2. The van der Waals surface area contributed by atoms with Gasteiger partial charge in [0, 0.05) is 37.2 Å². The first-order chi connectivity index (χ1) is 12.8. The molecule has 2 rings (SSSR count). The van der Waals surface area contributed by atoms with E-state index in [1.165, 1.54) is 5.56 Å². The minimum atomic E-state index is 0.